The molecule has 146 valence electrons. The second kappa shape index (κ2) is 6.65. The smallest absolute Gasteiger partial charge is 0.223 e. The fraction of sp³-hybridized carbons (Fsp3) is 0.870. The van der Waals surface area contributed by atoms with E-state index in [0.29, 0.717) is 17.2 Å². The van der Waals surface area contributed by atoms with Crippen molar-refractivity contribution in [2.24, 2.45) is 34.5 Å². The number of fused-ring (bicyclic) bond motifs is 5. The monoisotopic (exact) mass is 359 g/mol. The van der Waals surface area contributed by atoms with Crippen LogP contribution in [-0.2, 0) is 4.79 Å². The number of hydrogen-bond donors (Lipinski definition) is 2. The summed E-state index contributed by atoms with van der Waals surface area (Å²) in [5.41, 5.74) is 2.03. The van der Waals surface area contributed by atoms with Crippen LogP contribution in [0.25, 0.3) is 0 Å². The Kier molecular flexibility index (Phi) is 4.74. The first-order valence-electron chi connectivity index (χ1n) is 11.1. The van der Waals surface area contributed by atoms with Crippen molar-refractivity contribution in [2.75, 3.05) is 6.54 Å². The molecule has 0 aromatic carbocycles. The summed E-state index contributed by atoms with van der Waals surface area (Å²) in [5.74, 6) is 2.72. The molecule has 3 saturated carbocycles. The minimum absolute atomic E-state index is 0.127. The van der Waals surface area contributed by atoms with E-state index < -0.39 is 0 Å². The van der Waals surface area contributed by atoms with Crippen molar-refractivity contribution in [1.29, 1.82) is 0 Å². The van der Waals surface area contributed by atoms with Crippen molar-refractivity contribution in [3.8, 4) is 0 Å². The van der Waals surface area contributed by atoms with E-state index in [1.54, 1.807) is 0 Å². The van der Waals surface area contributed by atoms with Gasteiger partial charge in [-0.2, -0.15) is 0 Å². The minimum Gasteiger partial charge on any atom is -0.393 e. The van der Waals surface area contributed by atoms with Crippen LogP contribution in [0.5, 0.6) is 0 Å². The number of aliphatic hydroxyl groups excluding tert-OH is 1. The number of rotatable bonds is 3. The molecule has 0 spiro atoms. The van der Waals surface area contributed by atoms with Gasteiger partial charge in [0.15, 0.2) is 0 Å². The molecule has 26 heavy (non-hydrogen) atoms. The van der Waals surface area contributed by atoms with E-state index in [1.807, 2.05) is 0 Å². The molecule has 1 amide bonds. The number of nitrogens with one attached hydrogen (secondary N) is 1. The first-order chi connectivity index (χ1) is 12.4. The largest absolute Gasteiger partial charge is 0.393 e. The van der Waals surface area contributed by atoms with Crippen molar-refractivity contribution in [3.63, 3.8) is 0 Å². The maximum absolute atomic E-state index is 12.8. The van der Waals surface area contributed by atoms with E-state index in [4.69, 9.17) is 0 Å². The molecule has 3 heteroatoms. The van der Waals surface area contributed by atoms with Gasteiger partial charge in [0.05, 0.1) is 6.10 Å². The van der Waals surface area contributed by atoms with Crippen LogP contribution in [0, 0.1) is 34.5 Å². The molecule has 0 radical (unpaired) electrons. The zero-order valence-corrected chi connectivity index (χ0v) is 16.9. The Morgan fingerprint density at radius 1 is 1.19 bits per heavy atom. The lowest BCUT2D eigenvalue weighted by Gasteiger charge is -2.57. The molecule has 0 saturated heterocycles. The maximum atomic E-state index is 12.8. The average molecular weight is 360 g/mol. The molecule has 7 atom stereocenters. The van der Waals surface area contributed by atoms with Gasteiger partial charge in [-0.3, -0.25) is 4.79 Å². The summed E-state index contributed by atoms with van der Waals surface area (Å²) in [6, 6.07) is 0. The van der Waals surface area contributed by atoms with Crippen LogP contribution >= 0.6 is 0 Å². The molecular formula is C23H37NO2. The Hall–Kier alpha value is -0.830. The number of hydrogen-bond acceptors (Lipinski definition) is 2. The predicted octanol–water partition coefficient (Wildman–Crippen LogP) is 4.45. The first kappa shape index (κ1) is 18.5. The van der Waals surface area contributed by atoms with Gasteiger partial charge in [0.1, 0.15) is 0 Å². The highest BCUT2D eigenvalue weighted by Gasteiger charge is 2.59. The average Bonchev–Trinajstić information content (AvgIpc) is 2.97. The highest BCUT2D eigenvalue weighted by molar-refractivity contribution is 5.80. The summed E-state index contributed by atoms with van der Waals surface area (Å²) in [5, 5.41) is 13.3. The first-order valence-corrected chi connectivity index (χ1v) is 11.1. The molecule has 0 bridgehead atoms. The van der Waals surface area contributed by atoms with Gasteiger partial charge < -0.3 is 10.4 Å². The molecular weight excluding hydrogens is 322 g/mol. The van der Waals surface area contributed by atoms with Crippen LogP contribution in [0.4, 0.5) is 0 Å². The Morgan fingerprint density at radius 3 is 2.77 bits per heavy atom. The highest BCUT2D eigenvalue weighted by Crippen LogP contribution is 2.66. The number of amides is 1. The van der Waals surface area contributed by atoms with Crippen LogP contribution in [0.2, 0.25) is 0 Å². The Bertz CT molecular complexity index is 599. The molecule has 0 aromatic rings. The Labute approximate surface area is 159 Å². The third kappa shape index (κ3) is 2.68. The minimum atomic E-state index is -0.127. The van der Waals surface area contributed by atoms with E-state index in [9.17, 15) is 9.90 Å². The summed E-state index contributed by atoms with van der Waals surface area (Å²) >= 11 is 0. The summed E-state index contributed by atoms with van der Waals surface area (Å²) in [6.07, 6.45) is 12.3. The lowest BCUT2D eigenvalue weighted by molar-refractivity contribution is -0.131. The second-order valence-electron chi connectivity index (χ2n) is 10.1. The molecule has 0 aromatic heterocycles. The van der Waals surface area contributed by atoms with E-state index in [0.717, 1.165) is 50.5 Å². The normalized spacial score (nSPS) is 47.4. The molecule has 0 aliphatic heterocycles. The molecule has 0 heterocycles. The van der Waals surface area contributed by atoms with Crippen molar-refractivity contribution < 1.29 is 9.90 Å². The van der Waals surface area contributed by atoms with Crippen LogP contribution in [-0.4, -0.2) is 23.7 Å². The third-order valence-electron chi connectivity index (χ3n) is 8.94. The predicted molar refractivity (Wildman–Crippen MR) is 105 cm³/mol. The number of carbonyl (C=O) groups is 1. The van der Waals surface area contributed by atoms with E-state index in [-0.39, 0.29) is 17.4 Å². The highest BCUT2D eigenvalue weighted by atomic mass is 16.3. The fourth-order valence-corrected chi connectivity index (χ4v) is 7.44. The third-order valence-corrected chi connectivity index (χ3v) is 8.94. The van der Waals surface area contributed by atoms with Gasteiger partial charge in [-0.05, 0) is 86.4 Å². The van der Waals surface area contributed by atoms with Gasteiger partial charge in [-0.1, -0.05) is 32.4 Å². The number of aliphatic hydroxyl groups is 1. The standard InChI is InChI=1S/C23H37NO2/c1-4-13-24-21(26)20-8-7-18-17-6-5-15-14-16(25)9-11-22(15,2)19(17)10-12-23(18,20)3/h5,16-20,25H,4,6-14H2,1-3H3,(H,24,26)/t16-,17-,18-,19-,20+,22-,23-/m0/s1. The molecule has 4 aliphatic rings. The quantitative estimate of drug-likeness (QED) is 0.731. The van der Waals surface area contributed by atoms with Crippen molar-refractivity contribution in [1.82, 2.24) is 5.32 Å². The van der Waals surface area contributed by atoms with Crippen LogP contribution in [0.3, 0.4) is 0 Å². The molecule has 4 aliphatic carbocycles. The van der Waals surface area contributed by atoms with Gasteiger partial charge in [0.25, 0.3) is 0 Å². The Morgan fingerprint density at radius 2 is 2.00 bits per heavy atom. The second-order valence-corrected chi connectivity index (χ2v) is 10.1. The van der Waals surface area contributed by atoms with Crippen LogP contribution in [0.15, 0.2) is 11.6 Å². The van der Waals surface area contributed by atoms with E-state index in [1.165, 1.54) is 31.3 Å². The zero-order valence-electron chi connectivity index (χ0n) is 16.9. The molecule has 3 nitrogen and oxygen atoms in total. The van der Waals surface area contributed by atoms with Crippen molar-refractivity contribution in [2.45, 2.75) is 84.7 Å². The summed E-state index contributed by atoms with van der Waals surface area (Å²) in [4.78, 5) is 12.8. The van der Waals surface area contributed by atoms with Gasteiger partial charge in [0, 0.05) is 12.5 Å². The zero-order chi connectivity index (χ0) is 18.5. The van der Waals surface area contributed by atoms with Gasteiger partial charge in [-0.25, -0.2) is 0 Å². The SMILES string of the molecule is CCCNC(=O)[C@H]1CC[C@H]2[C@@H]3CC=C4C[C@@H](O)CC[C@]4(C)[C@H]3CC[C@]12C. The molecule has 2 N–H and O–H groups in total. The van der Waals surface area contributed by atoms with Gasteiger partial charge in [-0.15, -0.1) is 0 Å². The van der Waals surface area contributed by atoms with Crippen molar-refractivity contribution >= 4 is 5.91 Å². The summed E-state index contributed by atoms with van der Waals surface area (Å²) in [6.45, 7) is 7.83. The fourth-order valence-electron chi connectivity index (χ4n) is 7.44. The lowest BCUT2D eigenvalue weighted by Crippen LogP contribution is -2.51. The maximum Gasteiger partial charge on any atom is 0.223 e. The summed E-state index contributed by atoms with van der Waals surface area (Å²) < 4.78 is 0. The molecule has 0 unspecified atom stereocenters. The van der Waals surface area contributed by atoms with E-state index in [2.05, 4.69) is 32.2 Å². The Balaban J connectivity index is 1.57. The lowest BCUT2D eigenvalue weighted by atomic mass is 9.47. The van der Waals surface area contributed by atoms with Crippen LogP contribution in [0.1, 0.15) is 78.6 Å². The summed E-state index contributed by atoms with van der Waals surface area (Å²) in [7, 11) is 0. The van der Waals surface area contributed by atoms with Crippen LogP contribution < -0.4 is 5.32 Å². The number of carbonyl (C=O) groups excluding carboxylic acids is 1. The van der Waals surface area contributed by atoms with Crippen molar-refractivity contribution in [3.05, 3.63) is 11.6 Å². The molecule has 4 rings (SSSR count). The van der Waals surface area contributed by atoms with Gasteiger partial charge >= 0.3 is 0 Å². The topological polar surface area (TPSA) is 49.3 Å². The van der Waals surface area contributed by atoms with E-state index >= 15 is 0 Å². The number of allylic oxidation sites excluding steroid dienone is 1. The molecule has 3 fully saturated rings. The van der Waals surface area contributed by atoms with Gasteiger partial charge in [0.2, 0.25) is 5.91 Å².